The number of carbonyl (C=O) groups excluding carboxylic acids is 1. The molecule has 2 atom stereocenters. The van der Waals surface area contributed by atoms with Crippen molar-refractivity contribution in [1.82, 2.24) is 4.90 Å². The molecule has 112 valence electrons. The van der Waals surface area contributed by atoms with Crippen molar-refractivity contribution in [2.75, 3.05) is 19.7 Å². The van der Waals surface area contributed by atoms with Crippen LogP contribution in [0, 0.1) is 5.41 Å². The number of nitrogens with zero attached hydrogens (tertiary/aromatic N) is 1. The number of likely N-dealkylation sites (tertiary alicyclic amines) is 1. The number of hydrogen-bond acceptors (Lipinski definition) is 4. The van der Waals surface area contributed by atoms with Crippen LogP contribution in [0.2, 0.25) is 0 Å². The van der Waals surface area contributed by atoms with Gasteiger partial charge in [-0.1, -0.05) is 12.1 Å². The minimum Gasteiger partial charge on any atom is -0.485 e. The fourth-order valence-electron chi connectivity index (χ4n) is 2.67. The van der Waals surface area contributed by atoms with Crippen molar-refractivity contribution in [1.29, 1.82) is 0 Å². The molecule has 1 aromatic rings. The molecule has 6 heteroatoms. The van der Waals surface area contributed by atoms with E-state index < -0.39 is 17.5 Å². The fourth-order valence-corrected chi connectivity index (χ4v) is 2.67. The summed E-state index contributed by atoms with van der Waals surface area (Å²) in [6, 6.07) is 7.18. The van der Waals surface area contributed by atoms with E-state index in [-0.39, 0.29) is 19.1 Å². The molecule has 2 unspecified atom stereocenters. The summed E-state index contributed by atoms with van der Waals surface area (Å²) in [5.41, 5.74) is -0.872. The van der Waals surface area contributed by atoms with Crippen LogP contribution >= 0.6 is 0 Å². The lowest BCUT2D eigenvalue weighted by Crippen LogP contribution is -2.46. The number of amides is 1. The zero-order valence-electron chi connectivity index (χ0n) is 11.7. The van der Waals surface area contributed by atoms with Crippen LogP contribution in [-0.4, -0.2) is 47.7 Å². The van der Waals surface area contributed by atoms with E-state index >= 15 is 0 Å². The third kappa shape index (κ3) is 2.41. The van der Waals surface area contributed by atoms with E-state index in [1.54, 1.807) is 24.0 Å². The standard InChI is InChI=1S/C15H17NO5/c1-15(14(18)19)6-7-16(9-15)13(17)12-8-20-10-4-2-3-5-11(10)21-12/h2-5,12H,6-9H2,1H3,(H,18,19). The maximum Gasteiger partial charge on any atom is 0.311 e. The minimum atomic E-state index is -0.872. The summed E-state index contributed by atoms with van der Waals surface area (Å²) in [6.45, 7) is 2.46. The summed E-state index contributed by atoms with van der Waals surface area (Å²) >= 11 is 0. The number of para-hydroxylation sites is 2. The molecule has 1 amide bonds. The molecule has 2 aliphatic rings. The summed E-state index contributed by atoms with van der Waals surface area (Å²) in [6.07, 6.45) is -0.255. The Balaban J connectivity index is 1.69. The van der Waals surface area contributed by atoms with Crippen molar-refractivity contribution >= 4 is 11.9 Å². The van der Waals surface area contributed by atoms with Crippen LogP contribution in [0.25, 0.3) is 0 Å². The van der Waals surface area contributed by atoms with Crippen molar-refractivity contribution in [2.24, 2.45) is 5.41 Å². The SMILES string of the molecule is CC1(C(=O)O)CCN(C(=O)C2COc3ccccc3O2)C1. The average molecular weight is 291 g/mol. The summed E-state index contributed by atoms with van der Waals surface area (Å²) in [4.78, 5) is 25.2. The molecular weight excluding hydrogens is 274 g/mol. The molecule has 0 aromatic heterocycles. The maximum absolute atomic E-state index is 12.4. The predicted octanol–water partition coefficient (Wildman–Crippen LogP) is 1.15. The Morgan fingerprint density at radius 2 is 2.05 bits per heavy atom. The van der Waals surface area contributed by atoms with Gasteiger partial charge in [0.25, 0.3) is 5.91 Å². The van der Waals surface area contributed by atoms with Gasteiger partial charge in [-0.2, -0.15) is 0 Å². The molecule has 1 aromatic carbocycles. The number of hydrogen-bond donors (Lipinski definition) is 1. The van der Waals surface area contributed by atoms with Crippen LogP contribution in [0.3, 0.4) is 0 Å². The van der Waals surface area contributed by atoms with Crippen molar-refractivity contribution < 1.29 is 24.2 Å². The molecule has 2 heterocycles. The van der Waals surface area contributed by atoms with E-state index in [2.05, 4.69) is 0 Å². The monoisotopic (exact) mass is 291 g/mol. The van der Waals surface area contributed by atoms with Gasteiger partial charge in [0.15, 0.2) is 11.5 Å². The zero-order chi connectivity index (χ0) is 15.0. The molecule has 1 saturated heterocycles. The highest BCUT2D eigenvalue weighted by molar-refractivity contribution is 5.84. The van der Waals surface area contributed by atoms with E-state index in [1.165, 1.54) is 0 Å². The van der Waals surface area contributed by atoms with Gasteiger partial charge in [0.05, 0.1) is 5.41 Å². The topological polar surface area (TPSA) is 76.1 Å². The first-order chi connectivity index (χ1) is 9.99. The van der Waals surface area contributed by atoms with Gasteiger partial charge in [0.2, 0.25) is 6.10 Å². The Kier molecular flexibility index (Phi) is 3.23. The van der Waals surface area contributed by atoms with Crippen molar-refractivity contribution in [2.45, 2.75) is 19.4 Å². The van der Waals surface area contributed by atoms with Gasteiger partial charge in [-0.15, -0.1) is 0 Å². The van der Waals surface area contributed by atoms with Crippen molar-refractivity contribution in [3.63, 3.8) is 0 Å². The Labute approximate surface area is 122 Å². The lowest BCUT2D eigenvalue weighted by Gasteiger charge is -2.29. The van der Waals surface area contributed by atoms with E-state index in [9.17, 15) is 14.7 Å². The first kappa shape index (κ1) is 13.7. The normalized spacial score (nSPS) is 27.5. The lowest BCUT2D eigenvalue weighted by molar-refractivity contribution is -0.148. The van der Waals surface area contributed by atoms with E-state index in [1.807, 2.05) is 12.1 Å². The second-order valence-electron chi connectivity index (χ2n) is 5.74. The quantitative estimate of drug-likeness (QED) is 0.884. The number of aliphatic carboxylic acids is 1. The predicted molar refractivity (Wildman–Crippen MR) is 73.3 cm³/mol. The molecule has 0 radical (unpaired) electrons. The number of ether oxygens (including phenoxy) is 2. The van der Waals surface area contributed by atoms with Crippen LogP contribution in [0.1, 0.15) is 13.3 Å². The van der Waals surface area contributed by atoms with Gasteiger partial charge < -0.3 is 19.5 Å². The Morgan fingerprint density at radius 3 is 2.71 bits per heavy atom. The zero-order valence-corrected chi connectivity index (χ0v) is 11.7. The van der Waals surface area contributed by atoms with Gasteiger partial charge in [0, 0.05) is 13.1 Å². The lowest BCUT2D eigenvalue weighted by atomic mass is 9.90. The number of carbonyl (C=O) groups is 2. The number of carboxylic acid groups (broad SMARTS) is 1. The Hall–Kier alpha value is -2.24. The molecule has 21 heavy (non-hydrogen) atoms. The molecular formula is C15H17NO5. The molecule has 0 aliphatic carbocycles. The first-order valence-electron chi connectivity index (χ1n) is 6.90. The van der Waals surface area contributed by atoms with Gasteiger partial charge in [-0.3, -0.25) is 9.59 Å². The smallest absolute Gasteiger partial charge is 0.311 e. The van der Waals surface area contributed by atoms with Crippen LogP contribution in [-0.2, 0) is 9.59 Å². The average Bonchev–Trinajstić information content (AvgIpc) is 2.90. The Bertz CT molecular complexity index is 587. The first-order valence-corrected chi connectivity index (χ1v) is 6.90. The van der Waals surface area contributed by atoms with E-state index in [0.717, 1.165) is 0 Å². The third-order valence-electron chi connectivity index (χ3n) is 4.09. The molecule has 0 bridgehead atoms. The highest BCUT2D eigenvalue weighted by Crippen LogP contribution is 2.34. The summed E-state index contributed by atoms with van der Waals surface area (Å²) in [5.74, 6) is 0.0825. The highest BCUT2D eigenvalue weighted by Gasteiger charge is 2.44. The van der Waals surface area contributed by atoms with Gasteiger partial charge >= 0.3 is 5.97 Å². The molecule has 3 rings (SSSR count). The van der Waals surface area contributed by atoms with Crippen LogP contribution in [0.4, 0.5) is 0 Å². The molecule has 0 spiro atoms. The van der Waals surface area contributed by atoms with Gasteiger partial charge in [0.1, 0.15) is 6.61 Å². The van der Waals surface area contributed by atoms with E-state index in [0.29, 0.717) is 24.5 Å². The van der Waals surface area contributed by atoms with Gasteiger partial charge in [-0.25, -0.2) is 0 Å². The van der Waals surface area contributed by atoms with Crippen LogP contribution in [0.5, 0.6) is 11.5 Å². The summed E-state index contributed by atoms with van der Waals surface area (Å²) < 4.78 is 11.2. The number of carboxylic acids is 1. The molecule has 1 N–H and O–H groups in total. The van der Waals surface area contributed by atoms with E-state index in [4.69, 9.17) is 9.47 Å². The number of benzene rings is 1. The number of fused-ring (bicyclic) bond motifs is 1. The molecule has 1 fully saturated rings. The summed E-state index contributed by atoms with van der Waals surface area (Å²) in [7, 11) is 0. The highest BCUT2D eigenvalue weighted by atomic mass is 16.6. The maximum atomic E-state index is 12.4. The van der Waals surface area contributed by atoms with Gasteiger partial charge in [-0.05, 0) is 25.5 Å². The molecule has 0 saturated carbocycles. The second-order valence-corrected chi connectivity index (χ2v) is 5.74. The largest absolute Gasteiger partial charge is 0.485 e. The Morgan fingerprint density at radius 1 is 1.33 bits per heavy atom. The molecule has 6 nitrogen and oxygen atoms in total. The van der Waals surface area contributed by atoms with Crippen molar-refractivity contribution in [3.05, 3.63) is 24.3 Å². The minimum absolute atomic E-state index is 0.149. The van der Waals surface area contributed by atoms with Crippen LogP contribution in [0.15, 0.2) is 24.3 Å². The van der Waals surface area contributed by atoms with Crippen LogP contribution < -0.4 is 9.47 Å². The number of rotatable bonds is 2. The third-order valence-corrected chi connectivity index (χ3v) is 4.09. The fraction of sp³-hybridized carbons (Fsp3) is 0.467. The summed E-state index contributed by atoms with van der Waals surface area (Å²) in [5, 5.41) is 9.22. The second kappa shape index (κ2) is 4.95. The van der Waals surface area contributed by atoms with Crippen molar-refractivity contribution in [3.8, 4) is 11.5 Å². The molecule has 2 aliphatic heterocycles.